The van der Waals surface area contributed by atoms with Gasteiger partial charge in [0.1, 0.15) is 35.0 Å². The van der Waals surface area contributed by atoms with Crippen LogP contribution in [0.1, 0.15) is 24.2 Å². The van der Waals surface area contributed by atoms with Gasteiger partial charge in [-0.2, -0.15) is 18.2 Å². The topological polar surface area (TPSA) is 94.5 Å². The first-order valence-corrected chi connectivity index (χ1v) is 11.7. The number of hydrogen-bond acceptors (Lipinski definition) is 6. The van der Waals surface area contributed by atoms with Gasteiger partial charge >= 0.3 is 12.2 Å². The van der Waals surface area contributed by atoms with Gasteiger partial charge in [-0.25, -0.2) is 9.78 Å². The van der Waals surface area contributed by atoms with Crippen LogP contribution in [0.2, 0.25) is 0 Å². The first kappa shape index (κ1) is 26.6. The summed E-state index contributed by atoms with van der Waals surface area (Å²) in [6.45, 7) is 1.89. The second kappa shape index (κ2) is 9.44. The number of halogens is 3. The Morgan fingerprint density at radius 2 is 1.84 bits per heavy atom. The Bertz CT molecular complexity index is 1300. The van der Waals surface area contributed by atoms with Crippen LogP contribution in [0.5, 0.6) is 0 Å². The van der Waals surface area contributed by atoms with E-state index in [9.17, 15) is 23.1 Å². The van der Waals surface area contributed by atoms with Crippen LogP contribution in [0.15, 0.2) is 54.9 Å². The zero-order chi connectivity index (χ0) is 27.2. The first-order valence-electron chi connectivity index (χ1n) is 11.7. The van der Waals surface area contributed by atoms with Crippen molar-refractivity contribution in [2.45, 2.75) is 30.0 Å². The molecule has 0 bridgehead atoms. The number of carbonyl (C=O) groups excluding carboxylic acids is 1. The van der Waals surface area contributed by atoms with Crippen LogP contribution in [-0.4, -0.2) is 79.8 Å². The van der Waals surface area contributed by atoms with Crippen LogP contribution in [0.3, 0.4) is 0 Å². The molecule has 8 nitrogen and oxygen atoms in total. The van der Waals surface area contributed by atoms with Crippen LogP contribution in [0, 0.1) is 0 Å². The maximum Gasteiger partial charge on any atom is 0.416 e. The van der Waals surface area contributed by atoms with E-state index in [0.29, 0.717) is 22.6 Å². The molecule has 15 heteroatoms. The number of aliphatic hydroxyl groups is 1. The molecule has 0 radical (unpaired) electrons. The molecular weight excluding hydrogens is 481 g/mol. The van der Waals surface area contributed by atoms with Crippen molar-refractivity contribution in [2.75, 3.05) is 16.8 Å². The lowest BCUT2D eigenvalue weighted by Crippen LogP contribution is -2.61. The lowest BCUT2D eigenvalue weighted by atomic mass is 9.47. The molecule has 2 atom stereocenters. The van der Waals surface area contributed by atoms with Crippen molar-refractivity contribution in [3.63, 3.8) is 0 Å². The second-order valence-corrected chi connectivity index (χ2v) is 10.2. The van der Waals surface area contributed by atoms with Gasteiger partial charge in [0, 0.05) is 18.0 Å². The number of alkyl halides is 3. The van der Waals surface area contributed by atoms with Gasteiger partial charge in [0.15, 0.2) is 7.85 Å². The standard InChI is InChI=1S/C22H25B4F3N6O2/c1-12(16-6-5-14(10-31-16)13-3-2-4-15(9-13)21(27,28)29)32-18-30-8-7-17(33-18)34-11-20(23,37)35(19(34)36)22(24,25)26/h2-10,12,37H,11,23-26H2,1H3,(H,30,32,33). The van der Waals surface area contributed by atoms with Gasteiger partial charge in [-0.3, -0.25) is 9.88 Å². The number of nitrogens with zero attached hydrogens (tertiary/aromatic N) is 5. The molecule has 1 fully saturated rings. The van der Waals surface area contributed by atoms with Crippen LogP contribution in [0.4, 0.5) is 29.7 Å². The molecule has 4 rings (SSSR count). The van der Waals surface area contributed by atoms with Gasteiger partial charge in [-0.15, -0.1) is 0 Å². The van der Waals surface area contributed by atoms with E-state index in [4.69, 9.17) is 0 Å². The normalized spacial score (nSPS) is 19.2. The summed E-state index contributed by atoms with van der Waals surface area (Å²) in [5.41, 5.74) is -0.482. The summed E-state index contributed by atoms with van der Waals surface area (Å²) < 4.78 is 39.1. The molecule has 0 spiro atoms. The highest BCUT2D eigenvalue weighted by atomic mass is 19.4. The highest BCUT2D eigenvalue weighted by Crippen LogP contribution is 2.33. The highest BCUT2D eigenvalue weighted by Gasteiger charge is 2.50. The molecule has 1 aliphatic heterocycles. The third kappa shape index (κ3) is 5.61. The highest BCUT2D eigenvalue weighted by molar-refractivity contribution is 6.60. The quantitative estimate of drug-likeness (QED) is 0.449. The van der Waals surface area contributed by atoms with E-state index in [-0.39, 0.29) is 24.6 Å². The van der Waals surface area contributed by atoms with E-state index in [2.05, 4.69) is 20.3 Å². The fourth-order valence-electron chi connectivity index (χ4n) is 4.50. The third-order valence-electron chi connectivity index (χ3n) is 6.05. The van der Waals surface area contributed by atoms with Crippen molar-refractivity contribution < 1.29 is 23.1 Å². The second-order valence-electron chi connectivity index (χ2n) is 10.2. The number of rotatable bonds is 6. The molecule has 1 aliphatic rings. The van der Waals surface area contributed by atoms with E-state index < -0.39 is 22.6 Å². The maximum absolute atomic E-state index is 13.1. The minimum Gasteiger partial charge on any atom is -0.378 e. The van der Waals surface area contributed by atoms with Crippen molar-refractivity contribution in [1.82, 2.24) is 19.9 Å². The predicted octanol–water partition coefficient (Wildman–Crippen LogP) is -0.238. The van der Waals surface area contributed by atoms with Crippen molar-refractivity contribution in [3.8, 4) is 11.1 Å². The van der Waals surface area contributed by atoms with Crippen LogP contribution < -0.4 is 10.2 Å². The number of amides is 2. The molecule has 1 saturated heterocycles. The molecule has 0 aliphatic carbocycles. The van der Waals surface area contributed by atoms with E-state index in [1.165, 1.54) is 28.3 Å². The molecule has 188 valence electrons. The van der Waals surface area contributed by atoms with Crippen molar-refractivity contribution in [2.24, 2.45) is 0 Å². The summed E-state index contributed by atoms with van der Waals surface area (Å²) >= 11 is 0. The molecular formula is C22H25B4F3N6O2. The Balaban J connectivity index is 1.50. The summed E-state index contributed by atoms with van der Waals surface area (Å²) in [5.74, 6) is 0.602. The fraction of sp³-hybridized carbons (Fsp3) is 0.273. The summed E-state index contributed by atoms with van der Waals surface area (Å²) in [7, 11) is 7.14. The number of anilines is 2. The van der Waals surface area contributed by atoms with Gasteiger partial charge in [-0.1, -0.05) is 18.2 Å². The van der Waals surface area contributed by atoms with Crippen LogP contribution in [0.25, 0.3) is 11.1 Å². The van der Waals surface area contributed by atoms with E-state index >= 15 is 0 Å². The Labute approximate surface area is 216 Å². The summed E-state index contributed by atoms with van der Waals surface area (Å²) in [5, 5.41) is 13.4. The zero-order valence-electron chi connectivity index (χ0n) is 21.2. The first-order chi connectivity index (χ1) is 17.2. The Kier molecular flexibility index (Phi) is 6.78. The Morgan fingerprint density at radius 1 is 1.11 bits per heavy atom. The zero-order valence-corrected chi connectivity index (χ0v) is 21.2. The number of urea groups is 1. The summed E-state index contributed by atoms with van der Waals surface area (Å²) in [4.78, 5) is 29.0. The van der Waals surface area contributed by atoms with Crippen molar-refractivity contribution >= 4 is 49.2 Å². The molecule has 2 unspecified atom stereocenters. The summed E-state index contributed by atoms with van der Waals surface area (Å²) in [6, 6.07) is 9.42. The van der Waals surface area contributed by atoms with Gasteiger partial charge in [0.25, 0.3) is 0 Å². The predicted molar refractivity (Wildman–Crippen MR) is 145 cm³/mol. The molecule has 3 aromatic rings. The monoisotopic (exact) mass is 506 g/mol. The number of β-amino-alcohol motifs (C(OH)–C–C–N with tert-alkyl or cyclic N) is 1. The maximum atomic E-state index is 13.1. The van der Waals surface area contributed by atoms with E-state index in [1.54, 1.807) is 32.1 Å². The van der Waals surface area contributed by atoms with Gasteiger partial charge < -0.3 is 15.3 Å². The molecule has 1 aromatic carbocycles. The minimum atomic E-state index is -4.42. The molecule has 2 aromatic heterocycles. The average molecular weight is 506 g/mol. The smallest absolute Gasteiger partial charge is 0.378 e. The Hall–Kier alpha value is -3.47. The largest absolute Gasteiger partial charge is 0.416 e. The van der Waals surface area contributed by atoms with Crippen molar-refractivity contribution in [1.29, 1.82) is 0 Å². The molecule has 2 N–H and O–H groups in total. The summed E-state index contributed by atoms with van der Waals surface area (Å²) in [6.07, 6.45) is -1.38. The SMILES string of the molecule is BC(B)(B)N1C(=O)N(c2ccnc(NC(C)c3ccc(-c4cccc(C(F)(F)F)c4)cn3)n2)CC1(B)O. The molecule has 0 saturated carbocycles. The van der Waals surface area contributed by atoms with Crippen molar-refractivity contribution in [3.05, 3.63) is 66.1 Å². The van der Waals surface area contributed by atoms with Crippen LogP contribution >= 0.6 is 0 Å². The fourth-order valence-corrected chi connectivity index (χ4v) is 4.50. The van der Waals surface area contributed by atoms with Crippen LogP contribution in [-0.2, 0) is 6.18 Å². The molecule has 37 heavy (non-hydrogen) atoms. The third-order valence-corrected chi connectivity index (χ3v) is 6.05. The number of hydrogen-bond donors (Lipinski definition) is 2. The van der Waals surface area contributed by atoms with Gasteiger partial charge in [0.05, 0.1) is 23.8 Å². The number of aromatic nitrogens is 3. The Morgan fingerprint density at radius 3 is 2.43 bits per heavy atom. The number of nitrogens with one attached hydrogen (secondary N) is 1. The van der Waals surface area contributed by atoms with E-state index in [1.807, 2.05) is 30.5 Å². The lowest BCUT2D eigenvalue weighted by Gasteiger charge is -2.40. The number of pyridine rings is 1. The lowest BCUT2D eigenvalue weighted by molar-refractivity contribution is -0.137. The van der Waals surface area contributed by atoms with Gasteiger partial charge in [-0.05, 0) is 42.0 Å². The van der Waals surface area contributed by atoms with Gasteiger partial charge in [0.2, 0.25) is 5.95 Å². The average Bonchev–Trinajstić information content (AvgIpc) is 3.07. The molecule has 2 amide bonds. The number of carbonyl (C=O) groups is 1. The minimum absolute atomic E-state index is 0.0493. The number of benzene rings is 1. The molecule has 3 heterocycles. The van der Waals surface area contributed by atoms with E-state index in [0.717, 1.165) is 12.1 Å².